The van der Waals surface area contributed by atoms with Crippen LogP contribution in [0.2, 0.25) is 0 Å². The Hall–Kier alpha value is -2.63. The molecule has 0 saturated heterocycles. The maximum absolute atomic E-state index is 12.1. The van der Waals surface area contributed by atoms with Gasteiger partial charge in [-0.2, -0.15) is 0 Å². The maximum atomic E-state index is 12.1. The third kappa shape index (κ3) is 3.10. The highest BCUT2D eigenvalue weighted by molar-refractivity contribution is 5.94. The highest BCUT2D eigenvalue weighted by atomic mass is 16.6. The Morgan fingerprint density at radius 1 is 1.29 bits per heavy atom. The van der Waals surface area contributed by atoms with E-state index < -0.39 is 4.92 Å². The predicted molar refractivity (Wildman–Crippen MR) is 79.2 cm³/mol. The highest BCUT2D eigenvalue weighted by Crippen LogP contribution is 2.19. The van der Waals surface area contributed by atoms with E-state index in [-0.39, 0.29) is 11.6 Å². The number of carbonyl (C=O) groups excluding carboxylic acids is 1. The normalized spacial score (nSPS) is 10.4. The first kappa shape index (κ1) is 14.8. The number of nitrogens with one attached hydrogen (secondary N) is 1. The number of rotatable bonds is 4. The Kier molecular flexibility index (Phi) is 4.07. The third-order valence-corrected chi connectivity index (χ3v) is 3.57. The smallest absolute Gasteiger partial charge is 0.273 e. The van der Waals surface area contributed by atoms with E-state index in [1.165, 1.54) is 6.07 Å². The van der Waals surface area contributed by atoms with Crippen LogP contribution in [0, 0.1) is 24.0 Å². The number of benzene rings is 1. The molecule has 6 heteroatoms. The third-order valence-electron chi connectivity index (χ3n) is 3.57. The van der Waals surface area contributed by atoms with Gasteiger partial charge in [0.2, 0.25) is 0 Å². The van der Waals surface area contributed by atoms with Crippen LogP contribution in [0.4, 0.5) is 5.69 Å². The molecule has 0 atom stereocenters. The lowest BCUT2D eigenvalue weighted by Crippen LogP contribution is -2.24. The molecule has 0 aliphatic heterocycles. The summed E-state index contributed by atoms with van der Waals surface area (Å²) >= 11 is 0. The number of hydrogen-bond donors (Lipinski definition) is 1. The van der Waals surface area contributed by atoms with Gasteiger partial charge in [-0.3, -0.25) is 14.9 Å². The van der Waals surface area contributed by atoms with Gasteiger partial charge in [0.15, 0.2) is 0 Å². The number of aryl methyl sites for hydroxylation is 2. The van der Waals surface area contributed by atoms with E-state index >= 15 is 0 Å². The van der Waals surface area contributed by atoms with Gasteiger partial charge < -0.3 is 9.88 Å². The Morgan fingerprint density at radius 2 is 2.00 bits per heavy atom. The number of hydrogen-bond acceptors (Lipinski definition) is 3. The summed E-state index contributed by atoms with van der Waals surface area (Å²) in [7, 11) is 1.92. The first-order valence-electron chi connectivity index (χ1n) is 6.54. The molecule has 21 heavy (non-hydrogen) atoms. The van der Waals surface area contributed by atoms with Gasteiger partial charge in [0.05, 0.1) is 11.5 Å². The molecule has 1 aromatic heterocycles. The molecule has 0 aliphatic carbocycles. The Bertz CT molecular complexity index is 704. The van der Waals surface area contributed by atoms with Crippen molar-refractivity contribution >= 4 is 11.6 Å². The van der Waals surface area contributed by atoms with Crippen LogP contribution >= 0.6 is 0 Å². The largest absolute Gasteiger partial charge is 0.350 e. The fourth-order valence-corrected chi connectivity index (χ4v) is 2.06. The second kappa shape index (κ2) is 5.78. The molecule has 0 fully saturated rings. The minimum Gasteiger partial charge on any atom is -0.350 e. The van der Waals surface area contributed by atoms with Crippen molar-refractivity contribution in [2.24, 2.45) is 7.05 Å². The molecule has 2 aromatic rings. The molecule has 0 aliphatic rings. The topological polar surface area (TPSA) is 77.2 Å². The van der Waals surface area contributed by atoms with E-state index in [9.17, 15) is 14.9 Å². The van der Waals surface area contributed by atoms with Gasteiger partial charge in [-0.05, 0) is 32.0 Å². The molecule has 0 saturated carbocycles. The van der Waals surface area contributed by atoms with Crippen molar-refractivity contribution < 1.29 is 9.72 Å². The first-order valence-corrected chi connectivity index (χ1v) is 6.54. The summed E-state index contributed by atoms with van der Waals surface area (Å²) in [5, 5.41) is 13.7. The summed E-state index contributed by atoms with van der Waals surface area (Å²) in [6, 6.07) is 8.39. The van der Waals surface area contributed by atoms with Gasteiger partial charge in [0.25, 0.3) is 11.6 Å². The number of amides is 1. The van der Waals surface area contributed by atoms with E-state index in [0.717, 1.165) is 11.4 Å². The summed E-state index contributed by atoms with van der Waals surface area (Å²) in [5.41, 5.74) is 2.86. The molecule has 2 rings (SSSR count). The molecule has 1 N–H and O–H groups in total. The number of nitrogens with zero attached hydrogens (tertiary/aromatic N) is 2. The molecule has 110 valence electrons. The summed E-state index contributed by atoms with van der Waals surface area (Å²) in [6.07, 6.45) is 0. The van der Waals surface area contributed by atoms with Crippen molar-refractivity contribution in [3.8, 4) is 0 Å². The number of aromatic nitrogens is 1. The molecule has 1 aromatic carbocycles. The molecule has 0 spiro atoms. The Morgan fingerprint density at radius 3 is 2.57 bits per heavy atom. The molecule has 0 unspecified atom stereocenters. The van der Waals surface area contributed by atoms with E-state index in [0.29, 0.717) is 17.7 Å². The molecular formula is C15H17N3O3. The number of nitro benzene ring substituents is 1. The second-order valence-electron chi connectivity index (χ2n) is 4.97. The zero-order chi connectivity index (χ0) is 15.6. The minimum absolute atomic E-state index is 0.0441. The summed E-state index contributed by atoms with van der Waals surface area (Å²) in [5.74, 6) is -0.322. The summed E-state index contributed by atoms with van der Waals surface area (Å²) in [4.78, 5) is 22.5. The minimum atomic E-state index is -0.479. The van der Waals surface area contributed by atoms with Crippen LogP contribution in [0.5, 0.6) is 0 Å². The van der Waals surface area contributed by atoms with Gasteiger partial charge in [-0.15, -0.1) is 0 Å². The average Bonchev–Trinajstić information content (AvgIpc) is 2.76. The van der Waals surface area contributed by atoms with Crippen molar-refractivity contribution in [1.29, 1.82) is 0 Å². The molecule has 1 heterocycles. The zero-order valence-electron chi connectivity index (χ0n) is 12.2. The fourth-order valence-electron chi connectivity index (χ4n) is 2.06. The van der Waals surface area contributed by atoms with Crippen LogP contribution < -0.4 is 5.32 Å². The zero-order valence-corrected chi connectivity index (χ0v) is 12.2. The maximum Gasteiger partial charge on any atom is 0.273 e. The van der Waals surface area contributed by atoms with Crippen LogP contribution in [0.3, 0.4) is 0 Å². The van der Waals surface area contributed by atoms with Crippen molar-refractivity contribution in [1.82, 2.24) is 9.88 Å². The summed E-state index contributed by atoms with van der Waals surface area (Å²) < 4.78 is 1.98. The molecule has 0 radical (unpaired) electrons. The van der Waals surface area contributed by atoms with Crippen LogP contribution in [-0.4, -0.2) is 15.4 Å². The monoisotopic (exact) mass is 287 g/mol. The van der Waals surface area contributed by atoms with Gasteiger partial charge in [-0.1, -0.05) is 6.07 Å². The standard InChI is InChI=1S/C15H17N3O3/c1-10-4-6-12(8-14(10)18(20)21)15(19)16-9-13-7-5-11(2)17(13)3/h4-8H,9H2,1-3H3,(H,16,19). The van der Waals surface area contributed by atoms with Crippen LogP contribution in [-0.2, 0) is 13.6 Å². The van der Waals surface area contributed by atoms with Gasteiger partial charge in [0.1, 0.15) is 0 Å². The number of carbonyl (C=O) groups is 1. The lowest BCUT2D eigenvalue weighted by Gasteiger charge is -2.08. The van der Waals surface area contributed by atoms with Crippen LogP contribution in [0.25, 0.3) is 0 Å². The Labute approximate surface area is 122 Å². The van der Waals surface area contributed by atoms with Crippen molar-refractivity contribution in [3.05, 3.63) is 63.0 Å². The van der Waals surface area contributed by atoms with E-state index in [1.54, 1.807) is 19.1 Å². The van der Waals surface area contributed by atoms with Crippen molar-refractivity contribution in [2.75, 3.05) is 0 Å². The number of nitro groups is 1. The lowest BCUT2D eigenvalue weighted by atomic mass is 10.1. The molecular weight excluding hydrogens is 270 g/mol. The second-order valence-corrected chi connectivity index (χ2v) is 4.97. The van der Waals surface area contributed by atoms with Crippen molar-refractivity contribution in [2.45, 2.75) is 20.4 Å². The molecule has 6 nitrogen and oxygen atoms in total. The highest BCUT2D eigenvalue weighted by Gasteiger charge is 2.15. The van der Waals surface area contributed by atoms with E-state index in [2.05, 4.69) is 5.32 Å². The van der Waals surface area contributed by atoms with Gasteiger partial charge in [-0.25, -0.2) is 0 Å². The van der Waals surface area contributed by atoms with Crippen LogP contribution in [0.15, 0.2) is 30.3 Å². The Balaban J connectivity index is 2.12. The molecule has 0 bridgehead atoms. The lowest BCUT2D eigenvalue weighted by molar-refractivity contribution is -0.385. The van der Waals surface area contributed by atoms with Crippen molar-refractivity contribution in [3.63, 3.8) is 0 Å². The predicted octanol–water partition coefficient (Wildman–Crippen LogP) is 2.48. The van der Waals surface area contributed by atoms with E-state index in [4.69, 9.17) is 0 Å². The first-order chi connectivity index (χ1) is 9.90. The molecule has 1 amide bonds. The fraction of sp³-hybridized carbons (Fsp3) is 0.267. The van der Waals surface area contributed by atoms with Gasteiger partial charge in [0, 0.05) is 35.6 Å². The SMILES string of the molecule is Cc1ccc(C(=O)NCc2ccc(C)n2C)cc1[N+](=O)[O-]. The van der Waals surface area contributed by atoms with E-state index in [1.807, 2.05) is 30.7 Å². The quantitative estimate of drug-likeness (QED) is 0.693. The summed E-state index contributed by atoms with van der Waals surface area (Å²) in [6.45, 7) is 4.01. The van der Waals surface area contributed by atoms with Gasteiger partial charge >= 0.3 is 0 Å². The van der Waals surface area contributed by atoms with Crippen LogP contribution in [0.1, 0.15) is 27.3 Å². The average molecular weight is 287 g/mol.